The molecule has 0 aliphatic carbocycles. The van der Waals surface area contributed by atoms with E-state index in [1.165, 1.54) is 12.4 Å². The first-order valence-corrected chi connectivity index (χ1v) is 11.6. The number of ether oxygens (including phenoxy) is 2. The summed E-state index contributed by atoms with van der Waals surface area (Å²) in [5, 5.41) is 6.96. The minimum absolute atomic E-state index is 0.284. The van der Waals surface area contributed by atoms with Crippen LogP contribution >= 0.6 is 15.9 Å². The molecule has 2 aromatic carbocycles. The topological polar surface area (TPSA) is 88.6 Å². The van der Waals surface area contributed by atoms with E-state index < -0.39 is 0 Å². The molecule has 172 valence electrons. The molecule has 2 N–H and O–H groups in total. The monoisotopic (exact) mass is 511 g/mol. The van der Waals surface area contributed by atoms with Gasteiger partial charge in [-0.15, -0.1) is 0 Å². The first kappa shape index (κ1) is 23.2. The number of rotatable bonds is 9. The van der Waals surface area contributed by atoms with Crippen LogP contribution in [0.2, 0.25) is 0 Å². The second-order valence-corrected chi connectivity index (χ2v) is 8.52. The number of hydrogen-bond donors (Lipinski definition) is 2. The highest BCUT2D eigenvalue weighted by molar-refractivity contribution is 9.10. The summed E-state index contributed by atoms with van der Waals surface area (Å²) in [6.07, 6.45) is 3.13. The zero-order valence-corrected chi connectivity index (χ0v) is 19.8. The lowest BCUT2D eigenvalue weighted by Crippen LogP contribution is -2.39. The molecule has 1 aliphatic heterocycles. The molecule has 33 heavy (non-hydrogen) atoms. The van der Waals surface area contributed by atoms with Crippen molar-refractivity contribution in [2.24, 2.45) is 0 Å². The standard InChI is InChI=1S/C24H26BrN5O3/c1-2-22(31)28-19-6-7-21-20(15-19)24(27-16-26-21)33-23(8-9-30-10-12-32-13-11-30)29-18-5-3-4-17(25)14-18/h2-7,14-16,23,29H,1,8-13H2,(H,28,31). The van der Waals surface area contributed by atoms with Crippen LogP contribution in [0.15, 0.2) is 65.9 Å². The quantitative estimate of drug-likeness (QED) is 0.330. The Labute approximate surface area is 201 Å². The third-order valence-corrected chi connectivity index (χ3v) is 5.76. The second kappa shape index (κ2) is 11.2. The van der Waals surface area contributed by atoms with Gasteiger partial charge in [-0.25, -0.2) is 9.97 Å². The van der Waals surface area contributed by atoms with Gasteiger partial charge in [0.05, 0.1) is 24.1 Å². The fourth-order valence-corrected chi connectivity index (χ4v) is 3.98. The molecule has 1 aromatic heterocycles. The van der Waals surface area contributed by atoms with Gasteiger partial charge in [0, 0.05) is 41.9 Å². The van der Waals surface area contributed by atoms with Crippen LogP contribution in [0.3, 0.4) is 0 Å². The van der Waals surface area contributed by atoms with Crippen molar-refractivity contribution in [3.63, 3.8) is 0 Å². The van der Waals surface area contributed by atoms with Crippen molar-refractivity contribution in [1.82, 2.24) is 14.9 Å². The molecular formula is C24H26BrN5O3. The number of morpholine rings is 1. The summed E-state index contributed by atoms with van der Waals surface area (Å²) in [4.78, 5) is 22.8. The molecule has 4 rings (SSSR count). The summed E-state index contributed by atoms with van der Waals surface area (Å²) >= 11 is 3.52. The highest BCUT2D eigenvalue weighted by Crippen LogP contribution is 2.27. The average molecular weight is 512 g/mol. The Morgan fingerprint density at radius 1 is 1.21 bits per heavy atom. The van der Waals surface area contributed by atoms with Gasteiger partial charge in [0.25, 0.3) is 0 Å². The largest absolute Gasteiger partial charge is 0.453 e. The number of halogens is 1. The van der Waals surface area contributed by atoms with E-state index in [-0.39, 0.29) is 12.1 Å². The third kappa shape index (κ3) is 6.50. The Balaban J connectivity index is 1.57. The number of carbonyl (C=O) groups excluding carboxylic acids is 1. The molecule has 8 nitrogen and oxygen atoms in total. The highest BCUT2D eigenvalue weighted by atomic mass is 79.9. The zero-order chi connectivity index (χ0) is 23.0. The molecule has 9 heteroatoms. The van der Waals surface area contributed by atoms with Crippen molar-refractivity contribution >= 4 is 44.1 Å². The van der Waals surface area contributed by atoms with E-state index >= 15 is 0 Å². The third-order valence-electron chi connectivity index (χ3n) is 5.27. The molecule has 1 atom stereocenters. The Bertz CT molecular complexity index is 1120. The summed E-state index contributed by atoms with van der Waals surface area (Å²) in [5.74, 6) is 0.164. The van der Waals surface area contributed by atoms with E-state index in [9.17, 15) is 4.79 Å². The van der Waals surface area contributed by atoms with Crippen LogP contribution < -0.4 is 15.4 Å². The Kier molecular flexibility index (Phi) is 7.87. The minimum atomic E-state index is -0.327. The average Bonchev–Trinajstić information content (AvgIpc) is 2.83. The van der Waals surface area contributed by atoms with E-state index in [1.54, 1.807) is 6.07 Å². The summed E-state index contributed by atoms with van der Waals surface area (Å²) in [7, 11) is 0. The molecule has 1 amide bonds. The molecule has 0 spiro atoms. The van der Waals surface area contributed by atoms with Gasteiger partial charge in [-0.1, -0.05) is 28.6 Å². The first-order chi connectivity index (χ1) is 16.1. The Hall–Kier alpha value is -3.01. The molecule has 0 saturated carbocycles. The number of anilines is 2. The first-order valence-electron chi connectivity index (χ1n) is 10.8. The number of amides is 1. The van der Waals surface area contributed by atoms with Crippen LogP contribution in [0.1, 0.15) is 6.42 Å². The van der Waals surface area contributed by atoms with Crippen LogP contribution in [0.5, 0.6) is 5.88 Å². The molecule has 0 bridgehead atoms. The van der Waals surface area contributed by atoms with E-state index in [4.69, 9.17) is 9.47 Å². The highest BCUT2D eigenvalue weighted by Gasteiger charge is 2.18. The lowest BCUT2D eigenvalue weighted by Gasteiger charge is -2.29. The normalized spacial score (nSPS) is 15.1. The van der Waals surface area contributed by atoms with Crippen LogP contribution in [0.4, 0.5) is 11.4 Å². The summed E-state index contributed by atoms with van der Waals surface area (Å²) in [5.41, 5.74) is 2.29. The van der Waals surface area contributed by atoms with Gasteiger partial charge >= 0.3 is 0 Å². The number of nitrogens with zero attached hydrogens (tertiary/aromatic N) is 3. The van der Waals surface area contributed by atoms with E-state index in [0.717, 1.165) is 54.9 Å². The Morgan fingerprint density at radius 3 is 2.85 bits per heavy atom. The number of hydrogen-bond acceptors (Lipinski definition) is 7. The zero-order valence-electron chi connectivity index (χ0n) is 18.2. The molecule has 2 heterocycles. The van der Waals surface area contributed by atoms with Crippen LogP contribution in [0.25, 0.3) is 10.9 Å². The molecule has 3 aromatic rings. The van der Waals surface area contributed by atoms with Gasteiger partial charge in [0.15, 0.2) is 6.23 Å². The van der Waals surface area contributed by atoms with Gasteiger partial charge in [0.2, 0.25) is 11.8 Å². The number of benzene rings is 2. The maximum atomic E-state index is 11.7. The summed E-state index contributed by atoms with van der Waals surface area (Å²) in [6.45, 7) is 7.67. The van der Waals surface area contributed by atoms with Gasteiger partial charge in [0.1, 0.15) is 6.33 Å². The number of aromatic nitrogens is 2. The van der Waals surface area contributed by atoms with Crippen molar-refractivity contribution in [2.45, 2.75) is 12.6 Å². The molecule has 1 unspecified atom stereocenters. The molecule has 1 saturated heterocycles. The Morgan fingerprint density at radius 2 is 2.06 bits per heavy atom. The van der Waals surface area contributed by atoms with E-state index in [0.29, 0.717) is 17.0 Å². The van der Waals surface area contributed by atoms with Crippen molar-refractivity contribution < 1.29 is 14.3 Å². The van der Waals surface area contributed by atoms with Crippen molar-refractivity contribution in [2.75, 3.05) is 43.5 Å². The van der Waals surface area contributed by atoms with Gasteiger partial charge in [-0.05, 0) is 42.5 Å². The smallest absolute Gasteiger partial charge is 0.247 e. The van der Waals surface area contributed by atoms with Gasteiger partial charge in [-0.2, -0.15) is 0 Å². The van der Waals surface area contributed by atoms with Crippen molar-refractivity contribution in [3.05, 3.63) is 65.9 Å². The maximum absolute atomic E-state index is 11.7. The van der Waals surface area contributed by atoms with Crippen LogP contribution in [0, 0.1) is 0 Å². The SMILES string of the molecule is C=CC(=O)Nc1ccc2ncnc(OC(CCN3CCOCC3)Nc3cccc(Br)c3)c2c1. The van der Waals surface area contributed by atoms with E-state index in [2.05, 4.69) is 48.0 Å². The van der Waals surface area contributed by atoms with Crippen molar-refractivity contribution in [1.29, 1.82) is 0 Å². The number of nitrogens with one attached hydrogen (secondary N) is 2. The van der Waals surface area contributed by atoms with Crippen LogP contribution in [-0.2, 0) is 9.53 Å². The molecular weight excluding hydrogens is 486 g/mol. The predicted molar refractivity (Wildman–Crippen MR) is 132 cm³/mol. The summed E-state index contributed by atoms with van der Waals surface area (Å²) in [6, 6.07) is 13.4. The lowest BCUT2D eigenvalue weighted by atomic mass is 10.2. The molecule has 1 aliphatic rings. The van der Waals surface area contributed by atoms with Gasteiger partial charge < -0.3 is 20.1 Å². The number of fused-ring (bicyclic) bond motifs is 1. The van der Waals surface area contributed by atoms with Gasteiger partial charge in [-0.3, -0.25) is 9.69 Å². The summed E-state index contributed by atoms with van der Waals surface area (Å²) < 4.78 is 12.8. The predicted octanol–water partition coefficient (Wildman–Crippen LogP) is 4.06. The lowest BCUT2D eigenvalue weighted by molar-refractivity contribution is -0.111. The number of carbonyl (C=O) groups is 1. The molecule has 1 fully saturated rings. The van der Waals surface area contributed by atoms with E-state index in [1.807, 2.05) is 36.4 Å². The fraction of sp³-hybridized carbons (Fsp3) is 0.292. The minimum Gasteiger partial charge on any atom is -0.453 e. The molecule has 0 radical (unpaired) electrons. The second-order valence-electron chi connectivity index (χ2n) is 7.61. The maximum Gasteiger partial charge on any atom is 0.247 e. The van der Waals surface area contributed by atoms with Crippen molar-refractivity contribution in [3.8, 4) is 5.88 Å². The fourth-order valence-electron chi connectivity index (χ4n) is 3.58. The van der Waals surface area contributed by atoms with Crippen LogP contribution in [-0.4, -0.2) is 59.9 Å².